The maximum Gasteiger partial charge on any atom is 0.125 e. The number of aryl methyl sites for hydroxylation is 3. The summed E-state index contributed by atoms with van der Waals surface area (Å²) in [5.41, 5.74) is 6.69. The lowest BCUT2D eigenvalue weighted by Gasteiger charge is -2.40. The van der Waals surface area contributed by atoms with Crippen molar-refractivity contribution in [3.63, 3.8) is 0 Å². The van der Waals surface area contributed by atoms with Crippen molar-refractivity contribution >= 4 is 22.5 Å². The summed E-state index contributed by atoms with van der Waals surface area (Å²) in [6.45, 7) is 7.40. The Hall–Kier alpha value is -1.91. The highest BCUT2D eigenvalue weighted by molar-refractivity contribution is 6.31. The maximum atomic E-state index is 6.20. The number of hydrogen-bond acceptors (Lipinski definition) is 3. The Kier molecular flexibility index (Phi) is 4.03. The van der Waals surface area contributed by atoms with Crippen molar-refractivity contribution in [1.29, 1.82) is 0 Å². The van der Waals surface area contributed by atoms with Crippen LogP contribution in [-0.4, -0.2) is 32.9 Å². The van der Waals surface area contributed by atoms with Gasteiger partial charge in [-0.05, 0) is 75.4 Å². The van der Waals surface area contributed by atoms with Crippen LogP contribution in [0.2, 0.25) is 5.02 Å². The highest BCUT2D eigenvalue weighted by Gasteiger charge is 2.43. The van der Waals surface area contributed by atoms with E-state index in [1.807, 2.05) is 13.0 Å². The number of aromatic nitrogens is 3. The van der Waals surface area contributed by atoms with Gasteiger partial charge in [-0.3, -0.25) is 4.90 Å². The van der Waals surface area contributed by atoms with Crippen LogP contribution in [0.3, 0.4) is 0 Å². The molecule has 5 rings (SSSR count). The second kappa shape index (κ2) is 6.32. The lowest BCUT2D eigenvalue weighted by atomic mass is 9.77. The fraction of sp³-hybridized carbons (Fsp3) is 0.455. The Morgan fingerprint density at radius 1 is 1.26 bits per heavy atom. The third-order valence-electron chi connectivity index (χ3n) is 6.52. The molecule has 1 spiro atoms. The normalized spacial score (nSPS) is 22.6. The Labute approximate surface area is 165 Å². The lowest BCUT2D eigenvalue weighted by molar-refractivity contribution is 0.135. The molecule has 4 nitrogen and oxygen atoms in total. The molecular formula is C22H25ClN4. The van der Waals surface area contributed by atoms with Gasteiger partial charge < -0.3 is 4.98 Å². The molecule has 5 heteroatoms. The molecule has 1 unspecified atom stereocenters. The summed E-state index contributed by atoms with van der Waals surface area (Å²) in [6, 6.07) is 6.10. The Morgan fingerprint density at radius 3 is 3.04 bits per heavy atom. The molecular weight excluding hydrogens is 356 g/mol. The predicted octanol–water partition coefficient (Wildman–Crippen LogP) is 4.71. The summed E-state index contributed by atoms with van der Waals surface area (Å²) in [5, 5.41) is 2.03. The molecule has 140 valence electrons. The SMILES string of the molecule is Cc1ncc2c(n1)C1(CCCN(Cc3[nH]c4ccc(Cl)cc4c3C)C1)CC2. The average Bonchev–Trinajstić information content (AvgIpc) is 3.14. The number of aromatic amines is 1. The van der Waals surface area contributed by atoms with E-state index in [1.165, 1.54) is 52.7 Å². The predicted molar refractivity (Wildman–Crippen MR) is 109 cm³/mol. The molecule has 0 radical (unpaired) electrons. The minimum atomic E-state index is 0.213. The first kappa shape index (κ1) is 17.2. The van der Waals surface area contributed by atoms with Gasteiger partial charge in [0.15, 0.2) is 0 Å². The summed E-state index contributed by atoms with van der Waals surface area (Å²) < 4.78 is 0. The lowest BCUT2D eigenvalue weighted by Crippen LogP contribution is -2.45. The van der Waals surface area contributed by atoms with Crippen LogP contribution in [-0.2, 0) is 18.4 Å². The number of hydrogen-bond donors (Lipinski definition) is 1. The zero-order valence-electron chi connectivity index (χ0n) is 16.0. The summed E-state index contributed by atoms with van der Waals surface area (Å²) in [7, 11) is 0. The number of rotatable bonds is 2. The zero-order chi connectivity index (χ0) is 18.6. The molecule has 1 aromatic carbocycles. The van der Waals surface area contributed by atoms with E-state index in [2.05, 4.69) is 40.1 Å². The molecule has 0 bridgehead atoms. The van der Waals surface area contributed by atoms with E-state index in [4.69, 9.17) is 16.6 Å². The van der Waals surface area contributed by atoms with E-state index >= 15 is 0 Å². The van der Waals surface area contributed by atoms with Crippen molar-refractivity contribution in [2.75, 3.05) is 13.1 Å². The minimum absolute atomic E-state index is 0.213. The first-order chi connectivity index (χ1) is 13.0. The number of nitrogens with one attached hydrogen (secondary N) is 1. The van der Waals surface area contributed by atoms with Gasteiger partial charge in [0.25, 0.3) is 0 Å². The number of halogens is 1. The van der Waals surface area contributed by atoms with Crippen molar-refractivity contribution in [3.05, 3.63) is 57.8 Å². The first-order valence-corrected chi connectivity index (χ1v) is 10.2. The fourth-order valence-electron chi connectivity index (χ4n) is 5.13. The van der Waals surface area contributed by atoms with Crippen LogP contribution >= 0.6 is 11.6 Å². The molecule has 1 aliphatic carbocycles. The topological polar surface area (TPSA) is 44.8 Å². The van der Waals surface area contributed by atoms with Crippen LogP contribution in [0.15, 0.2) is 24.4 Å². The van der Waals surface area contributed by atoms with Crippen LogP contribution in [0.4, 0.5) is 0 Å². The Bertz CT molecular complexity index is 1020. The van der Waals surface area contributed by atoms with Crippen LogP contribution < -0.4 is 0 Å². The summed E-state index contributed by atoms with van der Waals surface area (Å²) >= 11 is 6.20. The number of H-pyrrole nitrogens is 1. The molecule has 0 saturated carbocycles. The van der Waals surface area contributed by atoms with Gasteiger partial charge in [0, 0.05) is 46.3 Å². The van der Waals surface area contributed by atoms with Crippen LogP contribution in [0.1, 0.15) is 47.6 Å². The van der Waals surface area contributed by atoms with Gasteiger partial charge in [-0.15, -0.1) is 0 Å². The number of piperidine rings is 1. The average molecular weight is 381 g/mol. The van der Waals surface area contributed by atoms with Crippen LogP contribution in [0.5, 0.6) is 0 Å². The van der Waals surface area contributed by atoms with Crippen LogP contribution in [0, 0.1) is 13.8 Å². The molecule has 1 N–H and O–H groups in total. The molecule has 1 saturated heterocycles. The maximum absolute atomic E-state index is 6.20. The highest BCUT2D eigenvalue weighted by atomic mass is 35.5. The third kappa shape index (κ3) is 2.86. The molecule has 27 heavy (non-hydrogen) atoms. The summed E-state index contributed by atoms with van der Waals surface area (Å²) in [4.78, 5) is 15.5. The molecule has 0 amide bonds. The van der Waals surface area contributed by atoms with Crippen molar-refractivity contribution < 1.29 is 0 Å². The van der Waals surface area contributed by atoms with E-state index < -0.39 is 0 Å². The molecule has 3 heterocycles. The standard InChI is InChI=1S/C22H25ClN4/c1-14-18-10-17(23)4-5-19(18)26-20(14)12-27-9-3-7-22(13-27)8-6-16-11-24-15(2)25-21(16)22/h4-5,10-11,26H,3,6-9,12-13H2,1-2H3. The molecule has 1 aliphatic heterocycles. The van der Waals surface area contributed by atoms with Gasteiger partial charge >= 0.3 is 0 Å². The van der Waals surface area contributed by atoms with E-state index in [0.717, 1.165) is 36.9 Å². The van der Waals surface area contributed by atoms with E-state index in [-0.39, 0.29) is 5.41 Å². The number of likely N-dealkylation sites (tertiary alicyclic amines) is 1. The molecule has 1 fully saturated rings. The molecule has 2 aliphatic rings. The second-order valence-electron chi connectivity index (χ2n) is 8.30. The summed E-state index contributed by atoms with van der Waals surface area (Å²) in [5.74, 6) is 0.899. The smallest absolute Gasteiger partial charge is 0.125 e. The van der Waals surface area contributed by atoms with Gasteiger partial charge in [-0.2, -0.15) is 0 Å². The quantitative estimate of drug-likeness (QED) is 0.700. The van der Waals surface area contributed by atoms with Gasteiger partial charge in [-0.1, -0.05) is 11.6 Å². The van der Waals surface area contributed by atoms with E-state index in [9.17, 15) is 0 Å². The highest BCUT2D eigenvalue weighted by Crippen LogP contribution is 2.44. The summed E-state index contributed by atoms with van der Waals surface area (Å²) in [6.07, 6.45) is 6.85. The van der Waals surface area contributed by atoms with Gasteiger partial charge in [-0.25, -0.2) is 9.97 Å². The molecule has 1 atom stereocenters. The minimum Gasteiger partial charge on any atom is -0.357 e. The van der Waals surface area contributed by atoms with Crippen molar-refractivity contribution in [2.45, 2.75) is 51.5 Å². The van der Waals surface area contributed by atoms with Crippen LogP contribution in [0.25, 0.3) is 10.9 Å². The van der Waals surface area contributed by atoms with Gasteiger partial charge in [0.1, 0.15) is 5.82 Å². The number of nitrogens with zero attached hydrogens (tertiary/aromatic N) is 3. The second-order valence-corrected chi connectivity index (χ2v) is 8.74. The monoisotopic (exact) mass is 380 g/mol. The molecule has 3 aromatic rings. The zero-order valence-corrected chi connectivity index (χ0v) is 16.7. The first-order valence-electron chi connectivity index (χ1n) is 9.86. The Balaban J connectivity index is 1.43. The third-order valence-corrected chi connectivity index (χ3v) is 6.76. The van der Waals surface area contributed by atoms with Gasteiger partial charge in [0.05, 0.1) is 5.69 Å². The van der Waals surface area contributed by atoms with E-state index in [0.29, 0.717) is 0 Å². The van der Waals surface area contributed by atoms with E-state index in [1.54, 1.807) is 0 Å². The van der Waals surface area contributed by atoms with Crippen molar-refractivity contribution in [2.24, 2.45) is 0 Å². The molecule has 2 aromatic heterocycles. The van der Waals surface area contributed by atoms with Crippen molar-refractivity contribution in [1.82, 2.24) is 19.9 Å². The van der Waals surface area contributed by atoms with Gasteiger partial charge in [0.2, 0.25) is 0 Å². The van der Waals surface area contributed by atoms with Crippen molar-refractivity contribution in [3.8, 4) is 0 Å². The fourth-order valence-corrected chi connectivity index (χ4v) is 5.30. The number of benzene rings is 1. The Morgan fingerprint density at radius 2 is 2.15 bits per heavy atom. The largest absolute Gasteiger partial charge is 0.357 e. The number of fused-ring (bicyclic) bond motifs is 3.